The van der Waals surface area contributed by atoms with E-state index in [9.17, 15) is 14.7 Å². The number of carboxylic acids is 1. The van der Waals surface area contributed by atoms with Gasteiger partial charge in [-0.15, -0.1) is 0 Å². The monoisotopic (exact) mass is 246 g/mol. The minimum absolute atomic E-state index is 0.672. The largest absolute Gasteiger partial charge is 0.548 e. The number of aliphatic carboxylic acids is 1. The van der Waals surface area contributed by atoms with Crippen LogP contribution in [0.2, 0.25) is 39.3 Å². The van der Waals surface area contributed by atoms with Gasteiger partial charge < -0.3 is 14.5 Å². The Kier molecular flexibility index (Phi) is 4.30. The minimum Gasteiger partial charge on any atom is -0.548 e. The molecule has 0 heterocycles. The van der Waals surface area contributed by atoms with Gasteiger partial charge in [0.1, 0.15) is 0 Å². The standard InChI is InChI=1S/C9H21NO3Si2/c1-14(2,3)8(9(12)13)10(7-11)15(4,5)6/h7-8H,1-6H3,(H,12,13)/p-1. The molecule has 4 nitrogen and oxygen atoms in total. The summed E-state index contributed by atoms with van der Waals surface area (Å²) in [5, 5.41) is 11.1. The molecular formula is C9H20NO3Si2-. The smallest absolute Gasteiger partial charge is 0.202 e. The Labute approximate surface area is 93.4 Å². The molecule has 0 aromatic rings. The SMILES string of the molecule is C[Si](C)(C)C(C(=O)[O-])N(C=O)[Si](C)(C)C. The molecule has 0 fully saturated rings. The predicted octanol–water partition coefficient (Wildman–Crippen LogP) is 0.276. The summed E-state index contributed by atoms with van der Waals surface area (Å²) in [6.45, 7) is 11.7. The van der Waals surface area contributed by atoms with Gasteiger partial charge in [0.25, 0.3) is 0 Å². The molecule has 0 spiro atoms. The second kappa shape index (κ2) is 4.48. The number of amides is 1. The number of carboxylic acid groups (broad SMARTS) is 1. The first-order valence-corrected chi connectivity index (χ1v) is 12.0. The van der Waals surface area contributed by atoms with E-state index in [4.69, 9.17) is 0 Å². The van der Waals surface area contributed by atoms with Crippen LogP contribution in [0.5, 0.6) is 0 Å². The van der Waals surface area contributed by atoms with Crippen molar-refractivity contribution in [1.82, 2.24) is 4.57 Å². The van der Waals surface area contributed by atoms with Crippen molar-refractivity contribution >= 4 is 28.7 Å². The Morgan fingerprint density at radius 3 is 1.67 bits per heavy atom. The van der Waals surface area contributed by atoms with Crippen molar-refractivity contribution in [2.45, 2.75) is 44.9 Å². The molecule has 0 aromatic carbocycles. The van der Waals surface area contributed by atoms with Crippen molar-refractivity contribution in [3.05, 3.63) is 0 Å². The minimum atomic E-state index is -1.98. The van der Waals surface area contributed by atoms with Crippen LogP contribution in [-0.4, -0.2) is 38.9 Å². The Hall–Kier alpha value is -0.626. The molecule has 1 atom stereocenters. The number of hydrogen-bond donors (Lipinski definition) is 0. The van der Waals surface area contributed by atoms with Crippen LogP contribution in [0, 0.1) is 0 Å². The van der Waals surface area contributed by atoms with E-state index in [2.05, 4.69) is 0 Å². The van der Waals surface area contributed by atoms with Gasteiger partial charge in [0.05, 0.1) is 19.7 Å². The summed E-state index contributed by atoms with van der Waals surface area (Å²) < 4.78 is 1.49. The lowest BCUT2D eigenvalue weighted by molar-refractivity contribution is -0.307. The maximum Gasteiger partial charge on any atom is 0.202 e. The summed E-state index contributed by atoms with van der Waals surface area (Å²) in [7, 11) is -3.92. The molecule has 88 valence electrons. The van der Waals surface area contributed by atoms with Gasteiger partial charge >= 0.3 is 0 Å². The molecular weight excluding hydrogens is 226 g/mol. The zero-order valence-electron chi connectivity index (χ0n) is 10.3. The third kappa shape index (κ3) is 3.79. The molecule has 1 unspecified atom stereocenters. The number of hydrogen-bond acceptors (Lipinski definition) is 3. The van der Waals surface area contributed by atoms with Crippen molar-refractivity contribution in [2.24, 2.45) is 0 Å². The van der Waals surface area contributed by atoms with E-state index in [0.717, 1.165) is 0 Å². The average molecular weight is 246 g/mol. The van der Waals surface area contributed by atoms with E-state index in [1.165, 1.54) is 4.57 Å². The van der Waals surface area contributed by atoms with Crippen LogP contribution in [0.25, 0.3) is 0 Å². The van der Waals surface area contributed by atoms with Crippen LogP contribution in [0.15, 0.2) is 0 Å². The zero-order valence-corrected chi connectivity index (χ0v) is 12.3. The Balaban J connectivity index is 5.24. The molecule has 0 aliphatic rings. The van der Waals surface area contributed by atoms with Crippen LogP contribution >= 0.6 is 0 Å². The van der Waals surface area contributed by atoms with Crippen LogP contribution in [0.1, 0.15) is 0 Å². The first kappa shape index (κ1) is 14.4. The molecule has 0 aromatic heterocycles. The highest BCUT2D eigenvalue weighted by Crippen LogP contribution is 2.19. The van der Waals surface area contributed by atoms with Crippen molar-refractivity contribution in [3.8, 4) is 0 Å². The zero-order chi connectivity index (χ0) is 12.4. The summed E-state index contributed by atoms with van der Waals surface area (Å²) >= 11 is 0. The van der Waals surface area contributed by atoms with E-state index in [1.54, 1.807) is 0 Å². The normalized spacial score (nSPS) is 14.5. The molecule has 0 radical (unpaired) electrons. The van der Waals surface area contributed by atoms with E-state index in [1.807, 2.05) is 39.3 Å². The first-order chi connectivity index (χ1) is 6.51. The molecule has 0 rings (SSSR count). The summed E-state index contributed by atoms with van der Waals surface area (Å²) in [6, 6.07) is 0. The Bertz CT molecular complexity index is 255. The van der Waals surface area contributed by atoms with Crippen LogP contribution in [0.3, 0.4) is 0 Å². The van der Waals surface area contributed by atoms with Gasteiger partial charge in [-0.3, -0.25) is 4.79 Å². The van der Waals surface area contributed by atoms with Crippen LogP contribution < -0.4 is 5.11 Å². The third-order valence-electron chi connectivity index (χ3n) is 2.21. The predicted molar refractivity (Wildman–Crippen MR) is 63.4 cm³/mol. The topological polar surface area (TPSA) is 60.4 Å². The van der Waals surface area contributed by atoms with Gasteiger partial charge in [-0.1, -0.05) is 39.3 Å². The molecule has 1 amide bonds. The van der Waals surface area contributed by atoms with E-state index in [0.29, 0.717) is 6.41 Å². The number of nitrogens with zero attached hydrogens (tertiary/aromatic N) is 1. The molecule has 15 heavy (non-hydrogen) atoms. The second-order valence-corrected chi connectivity index (χ2v) is 15.9. The van der Waals surface area contributed by atoms with Crippen molar-refractivity contribution in [1.29, 1.82) is 0 Å². The first-order valence-electron chi connectivity index (χ1n) is 4.96. The van der Waals surface area contributed by atoms with E-state index >= 15 is 0 Å². The maximum absolute atomic E-state index is 11.1. The molecule has 0 saturated carbocycles. The molecule has 6 heteroatoms. The lowest BCUT2D eigenvalue weighted by Crippen LogP contribution is -2.66. The van der Waals surface area contributed by atoms with Crippen LogP contribution in [0.4, 0.5) is 0 Å². The maximum atomic E-state index is 11.1. The Morgan fingerprint density at radius 2 is 1.60 bits per heavy atom. The number of rotatable bonds is 5. The molecule has 0 aliphatic carbocycles. The van der Waals surface area contributed by atoms with Gasteiger partial charge in [0.15, 0.2) is 8.24 Å². The highest BCUT2D eigenvalue weighted by molar-refractivity contribution is 6.84. The lowest BCUT2D eigenvalue weighted by Gasteiger charge is -2.44. The Morgan fingerprint density at radius 1 is 1.20 bits per heavy atom. The number of carbonyl (C=O) groups excluding carboxylic acids is 2. The van der Waals surface area contributed by atoms with Gasteiger partial charge in [-0.2, -0.15) is 0 Å². The van der Waals surface area contributed by atoms with Crippen LogP contribution in [-0.2, 0) is 9.59 Å². The summed E-state index contributed by atoms with van der Waals surface area (Å²) in [4.78, 5) is 22.2. The molecule has 0 saturated heterocycles. The van der Waals surface area contributed by atoms with E-state index < -0.39 is 27.9 Å². The van der Waals surface area contributed by atoms with Gasteiger partial charge in [0.2, 0.25) is 6.41 Å². The fraction of sp³-hybridized carbons (Fsp3) is 0.778. The highest BCUT2D eigenvalue weighted by Gasteiger charge is 2.38. The summed E-state index contributed by atoms with van der Waals surface area (Å²) in [6.07, 6.45) is 0.672. The highest BCUT2D eigenvalue weighted by atomic mass is 28.3. The fourth-order valence-corrected chi connectivity index (χ4v) is 6.61. The average Bonchev–Trinajstić information content (AvgIpc) is 1.93. The molecule has 0 bridgehead atoms. The van der Waals surface area contributed by atoms with Gasteiger partial charge in [-0.05, 0) is 0 Å². The number of carbonyl (C=O) groups is 2. The van der Waals surface area contributed by atoms with Crippen molar-refractivity contribution in [2.75, 3.05) is 0 Å². The summed E-state index contributed by atoms with van der Waals surface area (Å²) in [5.41, 5.74) is -0.721. The quantitative estimate of drug-likeness (QED) is 0.517. The van der Waals surface area contributed by atoms with Crippen molar-refractivity contribution < 1.29 is 14.7 Å². The van der Waals surface area contributed by atoms with Gasteiger partial charge in [0, 0.05) is 0 Å². The molecule has 0 N–H and O–H groups in total. The summed E-state index contributed by atoms with van der Waals surface area (Å²) in [5.74, 6) is -1.12. The van der Waals surface area contributed by atoms with Crippen molar-refractivity contribution in [3.63, 3.8) is 0 Å². The fourth-order valence-electron chi connectivity index (χ4n) is 1.49. The molecule has 0 aliphatic heterocycles. The van der Waals surface area contributed by atoms with Gasteiger partial charge in [-0.25, -0.2) is 0 Å². The third-order valence-corrected chi connectivity index (χ3v) is 6.54. The second-order valence-electron chi connectivity index (χ2n) is 5.77. The lowest BCUT2D eigenvalue weighted by atomic mass is 10.6. The van der Waals surface area contributed by atoms with E-state index in [-0.39, 0.29) is 0 Å².